The SMILES string of the molecule is CCOC(=O)C1=C(C)n2c(s/c(=C/c3ccco3)c2=O)=N[C@H]1c1ccc(N(C)C)cc1. The van der Waals surface area contributed by atoms with Gasteiger partial charge in [0.25, 0.3) is 5.56 Å². The van der Waals surface area contributed by atoms with Crippen molar-refractivity contribution >= 4 is 34.8 Å². The van der Waals surface area contributed by atoms with Gasteiger partial charge < -0.3 is 14.1 Å². The fourth-order valence-corrected chi connectivity index (χ4v) is 4.54. The molecule has 2 aromatic heterocycles. The van der Waals surface area contributed by atoms with E-state index < -0.39 is 12.0 Å². The van der Waals surface area contributed by atoms with E-state index in [1.165, 1.54) is 15.9 Å². The molecule has 1 atom stereocenters. The highest BCUT2D eigenvalue weighted by molar-refractivity contribution is 7.07. The van der Waals surface area contributed by atoms with Gasteiger partial charge >= 0.3 is 5.97 Å². The van der Waals surface area contributed by atoms with Crippen LogP contribution >= 0.6 is 11.3 Å². The third kappa shape index (κ3) is 3.86. The van der Waals surface area contributed by atoms with E-state index in [4.69, 9.17) is 14.1 Å². The topological polar surface area (TPSA) is 77.0 Å². The fourth-order valence-electron chi connectivity index (χ4n) is 3.52. The molecule has 31 heavy (non-hydrogen) atoms. The van der Waals surface area contributed by atoms with Gasteiger partial charge in [-0.2, -0.15) is 0 Å². The van der Waals surface area contributed by atoms with Crippen LogP contribution in [0.15, 0.2) is 62.4 Å². The number of carbonyl (C=O) groups excluding carboxylic acids is 1. The zero-order valence-electron chi connectivity index (χ0n) is 17.8. The number of aromatic nitrogens is 1. The largest absolute Gasteiger partial charge is 0.465 e. The monoisotopic (exact) mass is 437 g/mol. The van der Waals surface area contributed by atoms with E-state index in [0.29, 0.717) is 26.4 Å². The van der Waals surface area contributed by atoms with Crippen molar-refractivity contribution in [3.63, 3.8) is 0 Å². The predicted octanol–water partition coefficient (Wildman–Crippen LogP) is 2.57. The molecule has 8 heteroatoms. The van der Waals surface area contributed by atoms with E-state index in [1.807, 2.05) is 43.3 Å². The first kappa shape index (κ1) is 20.9. The molecular formula is C23H23N3O4S. The molecule has 0 radical (unpaired) electrons. The van der Waals surface area contributed by atoms with Gasteiger partial charge in [-0.3, -0.25) is 9.36 Å². The van der Waals surface area contributed by atoms with Crippen molar-refractivity contribution in [1.82, 2.24) is 4.57 Å². The summed E-state index contributed by atoms with van der Waals surface area (Å²) >= 11 is 1.27. The maximum absolute atomic E-state index is 13.1. The van der Waals surface area contributed by atoms with Crippen molar-refractivity contribution in [3.05, 3.63) is 79.2 Å². The summed E-state index contributed by atoms with van der Waals surface area (Å²) in [6, 6.07) is 10.9. The molecule has 3 heterocycles. The van der Waals surface area contributed by atoms with Gasteiger partial charge in [-0.1, -0.05) is 23.5 Å². The highest BCUT2D eigenvalue weighted by Gasteiger charge is 2.31. The number of anilines is 1. The number of nitrogens with zero attached hydrogens (tertiary/aromatic N) is 3. The second kappa shape index (κ2) is 8.39. The normalized spacial score (nSPS) is 16.1. The molecular weight excluding hydrogens is 414 g/mol. The summed E-state index contributed by atoms with van der Waals surface area (Å²) in [6.45, 7) is 3.76. The molecule has 0 fully saturated rings. The van der Waals surface area contributed by atoms with Crippen LogP contribution < -0.4 is 19.8 Å². The molecule has 0 saturated heterocycles. The van der Waals surface area contributed by atoms with Crippen LogP contribution in [-0.2, 0) is 9.53 Å². The summed E-state index contributed by atoms with van der Waals surface area (Å²) in [4.78, 5) is 33.3. The molecule has 0 aliphatic carbocycles. The first-order valence-corrected chi connectivity index (χ1v) is 10.7. The maximum Gasteiger partial charge on any atom is 0.338 e. The van der Waals surface area contributed by atoms with Crippen LogP contribution in [0, 0.1) is 0 Å². The molecule has 1 aliphatic rings. The molecule has 0 spiro atoms. The lowest BCUT2D eigenvalue weighted by Crippen LogP contribution is -2.35. The van der Waals surface area contributed by atoms with Gasteiger partial charge in [0.15, 0.2) is 4.80 Å². The minimum atomic E-state index is -0.551. The smallest absolute Gasteiger partial charge is 0.338 e. The molecule has 0 bridgehead atoms. The summed E-state index contributed by atoms with van der Waals surface area (Å²) in [5.74, 6) is 0.116. The third-order valence-corrected chi connectivity index (χ3v) is 6.06. The molecule has 1 aliphatic heterocycles. The Balaban J connectivity index is 1.92. The number of hydrogen-bond acceptors (Lipinski definition) is 7. The van der Waals surface area contributed by atoms with E-state index in [-0.39, 0.29) is 12.2 Å². The molecule has 0 saturated carbocycles. The summed E-state index contributed by atoms with van der Waals surface area (Å²) < 4.78 is 12.6. The molecule has 7 nitrogen and oxygen atoms in total. The number of carbonyl (C=O) groups is 1. The number of esters is 1. The minimum Gasteiger partial charge on any atom is -0.465 e. The second-order valence-corrected chi connectivity index (χ2v) is 8.30. The van der Waals surface area contributed by atoms with E-state index in [9.17, 15) is 9.59 Å². The fraction of sp³-hybridized carbons (Fsp3) is 0.261. The van der Waals surface area contributed by atoms with Crippen molar-refractivity contribution < 1.29 is 13.9 Å². The molecule has 0 unspecified atom stereocenters. The first-order valence-electron chi connectivity index (χ1n) is 9.91. The number of benzene rings is 1. The Morgan fingerprint density at radius 3 is 2.65 bits per heavy atom. The molecule has 0 amide bonds. The molecule has 4 rings (SSSR count). The average molecular weight is 438 g/mol. The Kier molecular flexibility index (Phi) is 5.65. The Morgan fingerprint density at radius 1 is 1.29 bits per heavy atom. The summed E-state index contributed by atoms with van der Waals surface area (Å²) in [5.41, 5.74) is 2.57. The Bertz CT molecular complexity index is 1310. The lowest BCUT2D eigenvalue weighted by Gasteiger charge is -2.23. The van der Waals surface area contributed by atoms with Crippen LogP contribution in [-0.4, -0.2) is 31.2 Å². The van der Waals surface area contributed by atoms with Gasteiger partial charge in [-0.15, -0.1) is 0 Å². The third-order valence-electron chi connectivity index (χ3n) is 5.08. The van der Waals surface area contributed by atoms with Crippen LogP contribution in [0.5, 0.6) is 0 Å². The van der Waals surface area contributed by atoms with Gasteiger partial charge in [0, 0.05) is 31.6 Å². The maximum atomic E-state index is 13.1. The standard InChI is InChI=1S/C23H23N3O4S/c1-5-29-22(28)19-14(2)26-21(27)18(13-17-7-6-12-30-17)31-23(26)24-20(19)15-8-10-16(11-9-15)25(3)4/h6-13,20H,5H2,1-4H3/b18-13+/t20-/m0/s1. The highest BCUT2D eigenvalue weighted by Crippen LogP contribution is 2.33. The van der Waals surface area contributed by atoms with Crippen LogP contribution in [0.3, 0.4) is 0 Å². The van der Waals surface area contributed by atoms with E-state index in [0.717, 1.165) is 11.3 Å². The molecule has 3 aromatic rings. The van der Waals surface area contributed by atoms with Crippen LogP contribution in [0.25, 0.3) is 11.8 Å². The van der Waals surface area contributed by atoms with E-state index >= 15 is 0 Å². The lowest BCUT2D eigenvalue weighted by molar-refractivity contribution is -0.138. The number of rotatable bonds is 5. The average Bonchev–Trinajstić information content (AvgIpc) is 3.36. The molecule has 1 aromatic carbocycles. The zero-order chi connectivity index (χ0) is 22.1. The van der Waals surface area contributed by atoms with Crippen molar-refractivity contribution in [2.24, 2.45) is 4.99 Å². The van der Waals surface area contributed by atoms with Crippen LogP contribution in [0.2, 0.25) is 0 Å². The number of furan rings is 1. The highest BCUT2D eigenvalue weighted by atomic mass is 32.1. The van der Waals surface area contributed by atoms with Crippen molar-refractivity contribution in [2.75, 3.05) is 25.6 Å². The predicted molar refractivity (Wildman–Crippen MR) is 121 cm³/mol. The van der Waals surface area contributed by atoms with Crippen molar-refractivity contribution in [3.8, 4) is 0 Å². The van der Waals surface area contributed by atoms with E-state index in [2.05, 4.69) is 0 Å². The Hall–Kier alpha value is -3.39. The quantitative estimate of drug-likeness (QED) is 0.574. The van der Waals surface area contributed by atoms with Crippen molar-refractivity contribution in [2.45, 2.75) is 19.9 Å². The lowest BCUT2D eigenvalue weighted by atomic mass is 9.96. The Morgan fingerprint density at radius 2 is 2.03 bits per heavy atom. The van der Waals surface area contributed by atoms with Crippen LogP contribution in [0.1, 0.15) is 31.2 Å². The minimum absolute atomic E-state index is 0.235. The van der Waals surface area contributed by atoms with Gasteiger partial charge in [0.2, 0.25) is 0 Å². The van der Waals surface area contributed by atoms with Crippen LogP contribution in [0.4, 0.5) is 5.69 Å². The Labute approximate surface area is 183 Å². The summed E-state index contributed by atoms with van der Waals surface area (Å²) in [6.07, 6.45) is 3.24. The van der Waals surface area contributed by atoms with Crippen molar-refractivity contribution in [1.29, 1.82) is 0 Å². The molecule has 0 N–H and O–H groups in total. The number of thiazole rings is 1. The number of ether oxygens (including phenoxy) is 1. The van der Waals surface area contributed by atoms with Gasteiger partial charge in [0.05, 0.1) is 18.4 Å². The summed E-state index contributed by atoms with van der Waals surface area (Å²) in [5, 5.41) is 0. The van der Waals surface area contributed by atoms with Gasteiger partial charge in [0.1, 0.15) is 16.3 Å². The second-order valence-electron chi connectivity index (χ2n) is 7.29. The van der Waals surface area contributed by atoms with Gasteiger partial charge in [-0.25, -0.2) is 9.79 Å². The zero-order valence-corrected chi connectivity index (χ0v) is 18.6. The summed E-state index contributed by atoms with van der Waals surface area (Å²) in [7, 11) is 3.94. The number of hydrogen-bond donors (Lipinski definition) is 0. The number of fused-ring (bicyclic) bond motifs is 1. The molecule has 160 valence electrons. The van der Waals surface area contributed by atoms with E-state index in [1.54, 1.807) is 38.3 Å². The van der Waals surface area contributed by atoms with Gasteiger partial charge in [-0.05, 0) is 43.7 Å². The first-order chi connectivity index (χ1) is 14.9. The number of allylic oxidation sites excluding steroid dienone is 1.